The lowest BCUT2D eigenvalue weighted by atomic mass is 10.1. The van der Waals surface area contributed by atoms with E-state index in [0.29, 0.717) is 48.1 Å². The molecule has 0 spiro atoms. The number of aromatic nitrogens is 4. The second-order valence-corrected chi connectivity index (χ2v) is 11.7. The lowest BCUT2D eigenvalue weighted by Crippen LogP contribution is -2.41. The second kappa shape index (κ2) is 14.6. The van der Waals surface area contributed by atoms with Crippen LogP contribution in [0.3, 0.4) is 0 Å². The molecule has 44 heavy (non-hydrogen) atoms. The summed E-state index contributed by atoms with van der Waals surface area (Å²) in [6.45, 7) is 7.69. The number of ether oxygens (including phenoxy) is 1. The van der Waals surface area contributed by atoms with E-state index in [2.05, 4.69) is 24.1 Å². The van der Waals surface area contributed by atoms with Crippen LogP contribution in [0.4, 0.5) is 5.95 Å². The van der Waals surface area contributed by atoms with Crippen molar-refractivity contribution in [3.63, 3.8) is 0 Å². The number of rotatable bonds is 14. The van der Waals surface area contributed by atoms with Gasteiger partial charge in [0.15, 0.2) is 17.8 Å². The third-order valence-electron chi connectivity index (χ3n) is 8.00. The maximum Gasteiger partial charge on any atom is 0.332 e. The smallest absolute Gasteiger partial charge is 0.332 e. The summed E-state index contributed by atoms with van der Waals surface area (Å²) in [5, 5.41) is 3.47. The SMILES string of the molecule is CCCCn1c(=O)c2c(nc3n2CCCN3CCc2ccc(OCC(=O)NCc3cccc(Cl)c3)cc2)n(CCCC)c1=O. The zero-order chi connectivity index (χ0) is 31.1. The molecule has 2 aromatic heterocycles. The molecule has 0 atom stereocenters. The number of aryl methyl sites for hydroxylation is 2. The van der Waals surface area contributed by atoms with Gasteiger partial charge in [0.1, 0.15) is 5.75 Å². The molecular formula is C33H41ClN6O4. The van der Waals surface area contributed by atoms with Crippen LogP contribution in [0.25, 0.3) is 11.2 Å². The monoisotopic (exact) mass is 620 g/mol. The van der Waals surface area contributed by atoms with Crippen LogP contribution >= 0.6 is 11.6 Å². The van der Waals surface area contributed by atoms with Crippen molar-refractivity contribution in [3.8, 4) is 5.75 Å². The van der Waals surface area contributed by atoms with Crippen LogP contribution in [0.15, 0.2) is 58.1 Å². The van der Waals surface area contributed by atoms with Gasteiger partial charge in [-0.3, -0.25) is 18.7 Å². The van der Waals surface area contributed by atoms with E-state index >= 15 is 0 Å². The molecule has 0 saturated heterocycles. The Kier molecular flexibility index (Phi) is 10.4. The zero-order valence-corrected chi connectivity index (χ0v) is 26.3. The largest absolute Gasteiger partial charge is 0.484 e. The number of fused-ring (bicyclic) bond motifs is 3. The number of halogens is 1. The normalized spacial score (nSPS) is 12.8. The average molecular weight is 621 g/mol. The van der Waals surface area contributed by atoms with Crippen LogP contribution in [-0.2, 0) is 37.4 Å². The molecule has 0 fully saturated rings. The minimum atomic E-state index is -0.257. The fourth-order valence-electron chi connectivity index (χ4n) is 5.56. The van der Waals surface area contributed by atoms with Crippen molar-refractivity contribution >= 4 is 34.6 Å². The summed E-state index contributed by atoms with van der Waals surface area (Å²) in [5.74, 6) is 1.17. The van der Waals surface area contributed by atoms with Crippen molar-refractivity contribution in [1.29, 1.82) is 0 Å². The van der Waals surface area contributed by atoms with Crippen molar-refractivity contribution in [2.45, 2.75) is 78.6 Å². The third kappa shape index (κ3) is 7.18. The predicted octanol–water partition coefficient (Wildman–Crippen LogP) is 4.76. The summed E-state index contributed by atoms with van der Waals surface area (Å²) < 4.78 is 10.8. The minimum Gasteiger partial charge on any atom is -0.484 e. The number of carbonyl (C=O) groups excluding carboxylic acids is 1. The molecule has 3 heterocycles. The molecule has 11 heteroatoms. The van der Waals surface area contributed by atoms with Gasteiger partial charge in [-0.05, 0) is 61.1 Å². The highest BCUT2D eigenvalue weighted by Gasteiger charge is 2.26. The Bertz CT molecular complexity index is 1710. The first kappa shape index (κ1) is 31.4. The van der Waals surface area contributed by atoms with Crippen molar-refractivity contribution < 1.29 is 9.53 Å². The summed E-state index contributed by atoms with van der Waals surface area (Å²) in [7, 11) is 0. The molecule has 1 N–H and O–H groups in total. The molecule has 0 unspecified atom stereocenters. The first-order valence-electron chi connectivity index (χ1n) is 15.6. The van der Waals surface area contributed by atoms with E-state index in [4.69, 9.17) is 21.3 Å². The molecule has 4 aromatic rings. The van der Waals surface area contributed by atoms with Crippen molar-refractivity contribution in [3.05, 3.63) is 85.5 Å². The summed E-state index contributed by atoms with van der Waals surface area (Å²) in [6, 6.07) is 15.1. The van der Waals surface area contributed by atoms with Gasteiger partial charge in [0.05, 0.1) is 0 Å². The number of benzene rings is 2. The predicted molar refractivity (Wildman–Crippen MR) is 174 cm³/mol. The lowest BCUT2D eigenvalue weighted by Gasteiger charge is -2.29. The van der Waals surface area contributed by atoms with E-state index in [1.165, 1.54) is 4.57 Å². The van der Waals surface area contributed by atoms with Crippen molar-refractivity contribution in [2.75, 3.05) is 24.6 Å². The number of unbranched alkanes of at least 4 members (excludes halogenated alkanes) is 2. The zero-order valence-electron chi connectivity index (χ0n) is 25.6. The molecule has 1 aliphatic heterocycles. The summed E-state index contributed by atoms with van der Waals surface area (Å²) >= 11 is 6.00. The van der Waals surface area contributed by atoms with Crippen LogP contribution in [-0.4, -0.2) is 44.3 Å². The Morgan fingerprint density at radius 3 is 2.43 bits per heavy atom. The van der Waals surface area contributed by atoms with Gasteiger partial charge in [-0.1, -0.05) is 62.6 Å². The maximum atomic E-state index is 13.6. The standard InChI is InChI=1S/C33H41ClN6O4/c1-3-5-17-39-30-29(31(42)40(33(39)43)18-6-4-2)38-19-8-16-37(32(38)36-30)20-15-24-11-13-27(14-12-24)44-23-28(41)35-22-25-9-7-10-26(34)21-25/h7,9-14,21H,3-6,8,15-20,22-23H2,1-2H3,(H,35,41). The van der Waals surface area contributed by atoms with Crippen LogP contribution in [0.2, 0.25) is 5.02 Å². The highest BCUT2D eigenvalue weighted by atomic mass is 35.5. The molecule has 0 saturated carbocycles. The van der Waals surface area contributed by atoms with Crippen LogP contribution in [0, 0.1) is 0 Å². The number of anilines is 1. The van der Waals surface area contributed by atoms with Crippen LogP contribution < -0.4 is 26.2 Å². The molecule has 1 amide bonds. The number of amides is 1. The Labute approximate surface area is 262 Å². The van der Waals surface area contributed by atoms with Gasteiger partial charge >= 0.3 is 5.69 Å². The Morgan fingerprint density at radius 1 is 0.955 bits per heavy atom. The van der Waals surface area contributed by atoms with Gasteiger partial charge in [-0.25, -0.2) is 4.79 Å². The molecule has 234 valence electrons. The van der Waals surface area contributed by atoms with E-state index < -0.39 is 0 Å². The highest BCUT2D eigenvalue weighted by molar-refractivity contribution is 6.30. The lowest BCUT2D eigenvalue weighted by molar-refractivity contribution is -0.123. The first-order valence-corrected chi connectivity index (χ1v) is 16.0. The highest BCUT2D eigenvalue weighted by Crippen LogP contribution is 2.25. The maximum absolute atomic E-state index is 13.6. The number of nitrogens with zero attached hydrogens (tertiary/aromatic N) is 5. The molecule has 0 bridgehead atoms. The quantitative estimate of drug-likeness (QED) is 0.218. The Morgan fingerprint density at radius 2 is 1.70 bits per heavy atom. The minimum absolute atomic E-state index is 0.0760. The van der Waals surface area contributed by atoms with Gasteiger partial charge in [0, 0.05) is 44.3 Å². The van der Waals surface area contributed by atoms with Crippen LogP contribution in [0.5, 0.6) is 5.75 Å². The topological polar surface area (TPSA) is 103 Å². The number of hydrogen-bond acceptors (Lipinski definition) is 6. The number of nitrogens with one attached hydrogen (secondary N) is 1. The van der Waals surface area contributed by atoms with E-state index in [1.54, 1.807) is 10.6 Å². The Hall–Kier alpha value is -4.05. The van der Waals surface area contributed by atoms with E-state index in [0.717, 1.165) is 68.7 Å². The second-order valence-electron chi connectivity index (χ2n) is 11.3. The van der Waals surface area contributed by atoms with E-state index in [-0.39, 0.29) is 23.8 Å². The first-order chi connectivity index (χ1) is 21.4. The molecular weight excluding hydrogens is 580 g/mol. The molecule has 1 aliphatic rings. The summed E-state index contributed by atoms with van der Waals surface area (Å²) in [4.78, 5) is 46.3. The molecule has 10 nitrogen and oxygen atoms in total. The Balaban J connectivity index is 1.24. The molecule has 2 aromatic carbocycles. The average Bonchev–Trinajstić information content (AvgIpc) is 3.42. The fourth-order valence-corrected chi connectivity index (χ4v) is 5.77. The number of hydrogen-bond donors (Lipinski definition) is 1. The van der Waals surface area contributed by atoms with Crippen molar-refractivity contribution in [1.82, 2.24) is 24.0 Å². The van der Waals surface area contributed by atoms with Gasteiger partial charge in [-0.15, -0.1) is 0 Å². The molecule has 0 radical (unpaired) electrons. The van der Waals surface area contributed by atoms with Gasteiger partial charge in [0.25, 0.3) is 11.5 Å². The van der Waals surface area contributed by atoms with Gasteiger partial charge in [-0.2, -0.15) is 4.98 Å². The molecule has 0 aliphatic carbocycles. The fraction of sp³-hybridized carbons (Fsp3) is 0.455. The number of imidazole rings is 1. The van der Waals surface area contributed by atoms with Gasteiger partial charge in [0.2, 0.25) is 5.95 Å². The van der Waals surface area contributed by atoms with Crippen LogP contribution in [0.1, 0.15) is 57.1 Å². The molecule has 5 rings (SSSR count). The third-order valence-corrected chi connectivity index (χ3v) is 8.23. The summed E-state index contributed by atoms with van der Waals surface area (Å²) in [6.07, 6.45) is 5.15. The summed E-state index contributed by atoms with van der Waals surface area (Å²) in [5.41, 5.74) is 2.59. The number of carbonyl (C=O) groups is 1. The van der Waals surface area contributed by atoms with Gasteiger partial charge < -0.3 is 19.5 Å². The van der Waals surface area contributed by atoms with Crippen molar-refractivity contribution in [2.24, 2.45) is 0 Å². The van der Waals surface area contributed by atoms with E-state index in [1.807, 2.05) is 47.0 Å². The van der Waals surface area contributed by atoms with E-state index in [9.17, 15) is 14.4 Å².